The molecule has 0 aliphatic rings. The van der Waals surface area contributed by atoms with Crippen LogP contribution in [-0.2, 0) is 9.53 Å². The number of unbranched alkanes of at least 4 members (excludes halogenated alkanes) is 1. The zero-order valence-corrected chi connectivity index (χ0v) is 11.9. The maximum atomic E-state index is 11.3. The number of hydrogen-bond donors (Lipinski definition) is 0. The predicted molar refractivity (Wildman–Crippen MR) is 71.9 cm³/mol. The zero-order chi connectivity index (χ0) is 12.4. The van der Waals surface area contributed by atoms with E-state index >= 15 is 0 Å². The molecule has 0 heterocycles. The normalized spacial score (nSPS) is 12.8. The summed E-state index contributed by atoms with van der Waals surface area (Å²) in [6.45, 7) is 6.01. The van der Waals surface area contributed by atoms with Gasteiger partial charge < -0.3 is 4.74 Å². The second kappa shape index (κ2) is 10.0. The molecule has 3 heteroatoms. The fourth-order valence-corrected chi connectivity index (χ4v) is 2.54. The van der Waals surface area contributed by atoms with Crippen LogP contribution in [0.1, 0.15) is 59.3 Å². The molecule has 96 valence electrons. The average Bonchev–Trinajstić information content (AvgIpc) is 2.21. The summed E-state index contributed by atoms with van der Waals surface area (Å²) in [6, 6.07) is 0. The van der Waals surface area contributed by atoms with Gasteiger partial charge >= 0.3 is 5.97 Å². The molecule has 0 bridgehead atoms. The second-order valence-electron chi connectivity index (χ2n) is 4.43. The first kappa shape index (κ1) is 15.8. The van der Waals surface area contributed by atoms with Gasteiger partial charge in [-0.2, -0.15) is 11.8 Å². The molecule has 16 heavy (non-hydrogen) atoms. The van der Waals surface area contributed by atoms with Crippen LogP contribution < -0.4 is 0 Å². The predicted octanol–water partition coefficient (Wildman–Crippen LogP) is 4.03. The van der Waals surface area contributed by atoms with E-state index in [-0.39, 0.29) is 12.1 Å². The fourth-order valence-electron chi connectivity index (χ4n) is 1.67. The minimum Gasteiger partial charge on any atom is -0.463 e. The van der Waals surface area contributed by atoms with Crippen LogP contribution in [0, 0.1) is 0 Å². The van der Waals surface area contributed by atoms with E-state index in [1.165, 1.54) is 19.3 Å². The van der Waals surface area contributed by atoms with Gasteiger partial charge in [-0.1, -0.05) is 19.8 Å². The van der Waals surface area contributed by atoms with E-state index < -0.39 is 0 Å². The summed E-state index contributed by atoms with van der Waals surface area (Å²) in [4.78, 5) is 11.3. The van der Waals surface area contributed by atoms with Crippen LogP contribution in [0.15, 0.2) is 0 Å². The Hall–Kier alpha value is -0.180. The summed E-state index contributed by atoms with van der Waals surface area (Å²) >= 11 is 1.95. The highest BCUT2D eigenvalue weighted by molar-refractivity contribution is 7.99. The molecule has 0 aromatic carbocycles. The van der Waals surface area contributed by atoms with Gasteiger partial charge in [0.1, 0.15) is 0 Å². The third-order valence-electron chi connectivity index (χ3n) is 2.47. The van der Waals surface area contributed by atoms with Crippen molar-refractivity contribution in [2.24, 2.45) is 0 Å². The lowest BCUT2D eigenvalue weighted by atomic mass is 10.1. The summed E-state index contributed by atoms with van der Waals surface area (Å²) in [5.41, 5.74) is 0. The molecule has 0 N–H and O–H groups in total. The molecular weight excluding hydrogens is 220 g/mol. The van der Waals surface area contributed by atoms with Gasteiger partial charge in [-0.3, -0.25) is 4.79 Å². The molecule has 0 saturated carbocycles. The molecule has 0 spiro atoms. The second-order valence-corrected chi connectivity index (χ2v) is 5.57. The smallest absolute Gasteiger partial charge is 0.306 e. The Bertz CT molecular complexity index is 181. The van der Waals surface area contributed by atoms with Crippen molar-refractivity contribution in [1.82, 2.24) is 0 Å². The summed E-state index contributed by atoms with van der Waals surface area (Å²) < 4.78 is 5.09. The van der Waals surface area contributed by atoms with Gasteiger partial charge in [0.2, 0.25) is 0 Å². The number of rotatable bonds is 9. The van der Waals surface area contributed by atoms with E-state index in [0.717, 1.165) is 18.1 Å². The molecule has 0 radical (unpaired) electrons. The quantitative estimate of drug-likeness (QED) is 0.454. The Balaban J connectivity index is 3.47. The van der Waals surface area contributed by atoms with Crippen LogP contribution in [0.4, 0.5) is 0 Å². The van der Waals surface area contributed by atoms with Crippen LogP contribution in [-0.4, -0.2) is 23.6 Å². The van der Waals surface area contributed by atoms with Gasteiger partial charge in [0.05, 0.1) is 6.10 Å². The average molecular weight is 246 g/mol. The SMILES string of the molecule is CCC[C@@H](CCCCC(=O)OC(C)C)SC. The minimum atomic E-state index is -0.0498. The first-order valence-corrected chi connectivity index (χ1v) is 7.61. The fraction of sp³-hybridized carbons (Fsp3) is 0.923. The zero-order valence-electron chi connectivity index (χ0n) is 11.1. The number of carbonyl (C=O) groups is 1. The van der Waals surface area contributed by atoms with Crippen molar-refractivity contribution in [3.05, 3.63) is 0 Å². The number of carbonyl (C=O) groups excluding carboxylic acids is 1. The van der Waals surface area contributed by atoms with Gasteiger partial charge in [-0.05, 0) is 39.4 Å². The Morgan fingerprint density at radius 3 is 2.44 bits per heavy atom. The van der Waals surface area contributed by atoms with Crippen molar-refractivity contribution in [3.63, 3.8) is 0 Å². The number of esters is 1. The monoisotopic (exact) mass is 246 g/mol. The largest absolute Gasteiger partial charge is 0.463 e. The van der Waals surface area contributed by atoms with Crippen molar-refractivity contribution in [2.45, 2.75) is 70.7 Å². The molecule has 0 fully saturated rings. The molecule has 0 aromatic rings. The van der Waals surface area contributed by atoms with Gasteiger partial charge in [0, 0.05) is 11.7 Å². The van der Waals surface area contributed by atoms with E-state index in [0.29, 0.717) is 6.42 Å². The van der Waals surface area contributed by atoms with Crippen molar-refractivity contribution < 1.29 is 9.53 Å². The molecule has 0 saturated heterocycles. The topological polar surface area (TPSA) is 26.3 Å². The Labute approximate surface area is 105 Å². The van der Waals surface area contributed by atoms with E-state index in [2.05, 4.69) is 13.2 Å². The first-order chi connectivity index (χ1) is 7.60. The third-order valence-corrected chi connectivity index (χ3v) is 3.61. The molecule has 0 amide bonds. The van der Waals surface area contributed by atoms with Crippen molar-refractivity contribution >= 4 is 17.7 Å². The Kier molecular flexibility index (Phi) is 9.89. The van der Waals surface area contributed by atoms with Gasteiger partial charge in [-0.25, -0.2) is 0 Å². The molecule has 0 aliphatic carbocycles. The van der Waals surface area contributed by atoms with Gasteiger partial charge in [0.25, 0.3) is 0 Å². The molecule has 0 unspecified atom stereocenters. The Morgan fingerprint density at radius 1 is 1.25 bits per heavy atom. The highest BCUT2D eigenvalue weighted by atomic mass is 32.2. The molecule has 1 atom stereocenters. The summed E-state index contributed by atoms with van der Waals surface area (Å²) in [5, 5.41) is 0.770. The number of thioether (sulfide) groups is 1. The molecule has 0 aromatic heterocycles. The van der Waals surface area contributed by atoms with Crippen LogP contribution in [0.25, 0.3) is 0 Å². The minimum absolute atomic E-state index is 0.0199. The lowest BCUT2D eigenvalue weighted by Gasteiger charge is -2.12. The maximum absolute atomic E-state index is 11.3. The molecule has 0 rings (SSSR count). The maximum Gasteiger partial charge on any atom is 0.306 e. The lowest BCUT2D eigenvalue weighted by molar-refractivity contribution is -0.147. The van der Waals surface area contributed by atoms with Gasteiger partial charge in [-0.15, -0.1) is 0 Å². The van der Waals surface area contributed by atoms with Crippen LogP contribution in [0.2, 0.25) is 0 Å². The van der Waals surface area contributed by atoms with Crippen LogP contribution >= 0.6 is 11.8 Å². The highest BCUT2D eigenvalue weighted by Gasteiger charge is 2.08. The Morgan fingerprint density at radius 2 is 1.94 bits per heavy atom. The highest BCUT2D eigenvalue weighted by Crippen LogP contribution is 2.19. The van der Waals surface area contributed by atoms with Crippen molar-refractivity contribution in [3.8, 4) is 0 Å². The van der Waals surface area contributed by atoms with E-state index in [1.807, 2.05) is 25.6 Å². The standard InChI is InChI=1S/C13H26O2S/c1-5-8-12(16-4)9-6-7-10-13(14)15-11(2)3/h11-12H,5-10H2,1-4H3/t12-/m0/s1. The summed E-state index contributed by atoms with van der Waals surface area (Å²) in [7, 11) is 0. The first-order valence-electron chi connectivity index (χ1n) is 6.32. The summed E-state index contributed by atoms with van der Waals surface area (Å²) in [6.07, 6.45) is 8.64. The van der Waals surface area contributed by atoms with E-state index in [9.17, 15) is 4.79 Å². The van der Waals surface area contributed by atoms with E-state index in [1.54, 1.807) is 0 Å². The molecule has 2 nitrogen and oxygen atoms in total. The number of ether oxygens (including phenoxy) is 1. The van der Waals surface area contributed by atoms with Crippen molar-refractivity contribution in [1.29, 1.82) is 0 Å². The number of hydrogen-bond acceptors (Lipinski definition) is 3. The third kappa shape index (κ3) is 9.08. The molecular formula is C13H26O2S. The summed E-state index contributed by atoms with van der Waals surface area (Å²) in [5.74, 6) is -0.0498. The van der Waals surface area contributed by atoms with Crippen molar-refractivity contribution in [2.75, 3.05) is 6.26 Å². The lowest BCUT2D eigenvalue weighted by Crippen LogP contribution is -2.11. The van der Waals surface area contributed by atoms with Crippen LogP contribution in [0.5, 0.6) is 0 Å². The van der Waals surface area contributed by atoms with Gasteiger partial charge in [0.15, 0.2) is 0 Å². The molecule has 0 aliphatic heterocycles. The van der Waals surface area contributed by atoms with Crippen LogP contribution in [0.3, 0.4) is 0 Å². The van der Waals surface area contributed by atoms with E-state index in [4.69, 9.17) is 4.74 Å².